The van der Waals surface area contributed by atoms with E-state index >= 15 is 0 Å². The van der Waals surface area contributed by atoms with Crippen molar-refractivity contribution in [3.05, 3.63) is 40.5 Å². The Bertz CT molecular complexity index is 576. The van der Waals surface area contributed by atoms with Gasteiger partial charge in [-0.1, -0.05) is 22.8 Å². The van der Waals surface area contributed by atoms with E-state index in [0.29, 0.717) is 22.5 Å². The van der Waals surface area contributed by atoms with Crippen LogP contribution in [0.3, 0.4) is 0 Å². The van der Waals surface area contributed by atoms with Crippen LogP contribution in [-0.4, -0.2) is 10.1 Å². The number of nitrogens with two attached hydrogens (primary N) is 1. The minimum Gasteiger partial charge on any atom is -0.483 e. The molecule has 2 N–H and O–H groups in total. The second-order valence-electron chi connectivity index (χ2n) is 4.93. The molecule has 19 heavy (non-hydrogen) atoms. The first-order valence-electron chi connectivity index (χ1n) is 5.87. The summed E-state index contributed by atoms with van der Waals surface area (Å²) < 4.78 is 10.7. The van der Waals surface area contributed by atoms with Crippen LogP contribution in [0, 0.1) is 6.92 Å². The number of benzene rings is 1. The van der Waals surface area contributed by atoms with Crippen molar-refractivity contribution in [2.75, 3.05) is 0 Å². The predicted molar refractivity (Wildman–Crippen MR) is 72.0 cm³/mol. The van der Waals surface area contributed by atoms with E-state index in [1.165, 1.54) is 0 Å². The lowest BCUT2D eigenvalue weighted by Crippen LogP contribution is -2.30. The molecule has 0 saturated heterocycles. The quantitative estimate of drug-likeness (QED) is 0.933. The zero-order chi connectivity index (χ0) is 14.0. The van der Waals surface area contributed by atoms with Crippen LogP contribution in [0.4, 0.5) is 0 Å². The maximum atomic E-state index is 5.91. The van der Waals surface area contributed by atoms with E-state index in [4.69, 9.17) is 26.6 Å². The van der Waals surface area contributed by atoms with Gasteiger partial charge in [-0.3, -0.25) is 0 Å². The lowest BCUT2D eigenvalue weighted by Gasteiger charge is -2.11. The summed E-state index contributed by atoms with van der Waals surface area (Å²) >= 11 is 5.91. The van der Waals surface area contributed by atoms with Gasteiger partial charge >= 0.3 is 0 Å². The molecule has 0 atom stereocenters. The molecule has 0 aliphatic carbocycles. The summed E-state index contributed by atoms with van der Waals surface area (Å²) in [6.45, 7) is 5.74. The Morgan fingerprint density at radius 1 is 1.42 bits per heavy atom. The van der Waals surface area contributed by atoms with Crippen molar-refractivity contribution in [2.24, 2.45) is 5.73 Å². The van der Waals surface area contributed by atoms with E-state index < -0.39 is 5.54 Å². The summed E-state index contributed by atoms with van der Waals surface area (Å²) in [7, 11) is 0. The Labute approximate surface area is 116 Å². The molecule has 6 heteroatoms. The Morgan fingerprint density at radius 2 is 2.16 bits per heavy atom. The van der Waals surface area contributed by atoms with E-state index in [9.17, 15) is 0 Å². The SMILES string of the molecule is Cc1ccc(Cl)cc1OCc1nc(C(C)(C)N)no1. The molecular formula is C13H16ClN3O2. The zero-order valence-corrected chi connectivity index (χ0v) is 11.9. The molecule has 0 aliphatic heterocycles. The van der Waals surface area contributed by atoms with Gasteiger partial charge in [0, 0.05) is 5.02 Å². The number of nitrogens with zero attached hydrogens (tertiary/aromatic N) is 2. The number of aromatic nitrogens is 2. The van der Waals surface area contributed by atoms with Crippen molar-refractivity contribution in [1.82, 2.24) is 10.1 Å². The third kappa shape index (κ3) is 3.45. The van der Waals surface area contributed by atoms with Gasteiger partial charge in [-0.2, -0.15) is 4.98 Å². The molecule has 0 saturated carbocycles. The average molecular weight is 282 g/mol. The molecule has 1 aromatic heterocycles. The average Bonchev–Trinajstić information content (AvgIpc) is 2.79. The smallest absolute Gasteiger partial charge is 0.264 e. The predicted octanol–water partition coefficient (Wildman–Crippen LogP) is 2.80. The van der Waals surface area contributed by atoms with Crippen LogP contribution in [0.25, 0.3) is 0 Å². The summed E-state index contributed by atoms with van der Waals surface area (Å²) in [5.74, 6) is 1.53. The third-order valence-corrected chi connectivity index (χ3v) is 2.78. The van der Waals surface area contributed by atoms with Gasteiger partial charge in [0.2, 0.25) is 0 Å². The first kappa shape index (κ1) is 13.8. The highest BCUT2D eigenvalue weighted by Gasteiger charge is 2.21. The normalized spacial score (nSPS) is 11.6. The maximum Gasteiger partial charge on any atom is 0.264 e. The molecule has 1 aromatic carbocycles. The van der Waals surface area contributed by atoms with Crippen LogP contribution in [0.1, 0.15) is 31.1 Å². The maximum absolute atomic E-state index is 5.91. The van der Waals surface area contributed by atoms with Crippen LogP contribution in [0.2, 0.25) is 5.02 Å². The van der Waals surface area contributed by atoms with Gasteiger partial charge < -0.3 is 15.0 Å². The van der Waals surface area contributed by atoms with Gasteiger partial charge in [0.05, 0.1) is 5.54 Å². The lowest BCUT2D eigenvalue weighted by atomic mass is 10.1. The number of aryl methyl sites for hydroxylation is 1. The summed E-state index contributed by atoms with van der Waals surface area (Å²) in [6, 6.07) is 5.45. The third-order valence-electron chi connectivity index (χ3n) is 2.55. The Kier molecular flexibility index (Phi) is 3.78. The minimum atomic E-state index is -0.631. The fourth-order valence-corrected chi connectivity index (χ4v) is 1.61. The number of hydrogen-bond acceptors (Lipinski definition) is 5. The van der Waals surface area contributed by atoms with Crippen LogP contribution < -0.4 is 10.5 Å². The first-order chi connectivity index (χ1) is 8.86. The largest absolute Gasteiger partial charge is 0.483 e. The van der Waals surface area contributed by atoms with Crippen molar-refractivity contribution in [3.8, 4) is 5.75 Å². The van der Waals surface area contributed by atoms with Crippen LogP contribution in [0.15, 0.2) is 22.7 Å². The van der Waals surface area contributed by atoms with Gasteiger partial charge in [0.25, 0.3) is 5.89 Å². The molecule has 0 radical (unpaired) electrons. The molecule has 0 spiro atoms. The molecule has 102 valence electrons. The number of ether oxygens (including phenoxy) is 1. The fraction of sp³-hybridized carbons (Fsp3) is 0.385. The molecule has 0 unspecified atom stereocenters. The van der Waals surface area contributed by atoms with Crippen LogP contribution in [0.5, 0.6) is 5.75 Å². The van der Waals surface area contributed by atoms with Gasteiger partial charge in [0.15, 0.2) is 12.4 Å². The fourth-order valence-electron chi connectivity index (χ4n) is 1.44. The Hall–Kier alpha value is -1.59. The van der Waals surface area contributed by atoms with E-state index in [0.717, 1.165) is 5.56 Å². The van der Waals surface area contributed by atoms with Crippen LogP contribution in [-0.2, 0) is 12.1 Å². The molecular weight excluding hydrogens is 266 g/mol. The second-order valence-corrected chi connectivity index (χ2v) is 5.37. The van der Waals surface area contributed by atoms with Crippen LogP contribution >= 0.6 is 11.6 Å². The molecule has 2 rings (SSSR count). The van der Waals surface area contributed by atoms with Crippen molar-refractivity contribution >= 4 is 11.6 Å². The highest BCUT2D eigenvalue weighted by Crippen LogP contribution is 2.23. The number of halogens is 1. The second kappa shape index (κ2) is 5.19. The van der Waals surface area contributed by atoms with E-state index in [1.54, 1.807) is 6.07 Å². The Morgan fingerprint density at radius 3 is 2.79 bits per heavy atom. The minimum absolute atomic E-state index is 0.185. The molecule has 2 aromatic rings. The van der Waals surface area contributed by atoms with E-state index in [2.05, 4.69) is 10.1 Å². The topological polar surface area (TPSA) is 74.2 Å². The van der Waals surface area contributed by atoms with Crippen molar-refractivity contribution in [2.45, 2.75) is 32.9 Å². The molecule has 5 nitrogen and oxygen atoms in total. The number of hydrogen-bond donors (Lipinski definition) is 1. The van der Waals surface area contributed by atoms with E-state index in [-0.39, 0.29) is 6.61 Å². The first-order valence-corrected chi connectivity index (χ1v) is 6.25. The molecule has 0 aliphatic rings. The molecule has 0 amide bonds. The lowest BCUT2D eigenvalue weighted by molar-refractivity contribution is 0.240. The monoisotopic (exact) mass is 281 g/mol. The van der Waals surface area contributed by atoms with Gasteiger partial charge in [-0.15, -0.1) is 0 Å². The molecule has 0 fully saturated rings. The highest BCUT2D eigenvalue weighted by molar-refractivity contribution is 6.30. The van der Waals surface area contributed by atoms with Crippen molar-refractivity contribution < 1.29 is 9.26 Å². The summed E-state index contributed by atoms with van der Waals surface area (Å²) in [5, 5.41) is 4.44. The van der Waals surface area contributed by atoms with Crippen molar-refractivity contribution in [3.63, 3.8) is 0 Å². The molecule has 0 bridgehead atoms. The number of rotatable bonds is 4. The zero-order valence-electron chi connectivity index (χ0n) is 11.1. The summed E-state index contributed by atoms with van der Waals surface area (Å²) in [4.78, 5) is 4.19. The molecule has 1 heterocycles. The summed E-state index contributed by atoms with van der Waals surface area (Å²) in [6.07, 6.45) is 0. The van der Waals surface area contributed by atoms with Crippen molar-refractivity contribution in [1.29, 1.82) is 0 Å². The highest BCUT2D eigenvalue weighted by atomic mass is 35.5. The van der Waals surface area contributed by atoms with Gasteiger partial charge in [-0.25, -0.2) is 0 Å². The summed E-state index contributed by atoms with van der Waals surface area (Å²) in [5.41, 5.74) is 6.24. The van der Waals surface area contributed by atoms with E-state index in [1.807, 2.05) is 32.9 Å². The van der Waals surface area contributed by atoms with Gasteiger partial charge in [0.1, 0.15) is 5.75 Å². The van der Waals surface area contributed by atoms with Gasteiger partial charge in [-0.05, 0) is 38.5 Å². The Balaban J connectivity index is 2.06. The standard InChI is InChI=1S/C13H16ClN3O2/c1-8-4-5-9(14)6-10(8)18-7-11-16-12(17-19-11)13(2,3)15/h4-6H,7,15H2,1-3H3.